The SMILES string of the molecule is CC(C)(C)n1cnc(C(=O)Nc2ccc3nc(Cl)sc3c2)n1. The Labute approximate surface area is 136 Å². The molecule has 0 unspecified atom stereocenters. The van der Waals surface area contributed by atoms with Crippen LogP contribution < -0.4 is 5.32 Å². The molecule has 0 atom stereocenters. The first-order chi connectivity index (χ1) is 10.3. The zero-order valence-corrected chi connectivity index (χ0v) is 13.9. The summed E-state index contributed by atoms with van der Waals surface area (Å²) in [6.45, 7) is 5.97. The maximum absolute atomic E-state index is 12.2. The number of anilines is 1. The molecule has 1 aromatic carbocycles. The van der Waals surface area contributed by atoms with Crippen LogP contribution in [0.2, 0.25) is 4.47 Å². The third kappa shape index (κ3) is 2.95. The van der Waals surface area contributed by atoms with Gasteiger partial charge in [0.1, 0.15) is 6.33 Å². The molecular formula is C14H14ClN5OS. The van der Waals surface area contributed by atoms with E-state index in [1.165, 1.54) is 11.3 Å². The largest absolute Gasteiger partial charge is 0.319 e. The maximum Gasteiger partial charge on any atom is 0.295 e. The molecule has 0 bridgehead atoms. The molecule has 22 heavy (non-hydrogen) atoms. The van der Waals surface area contributed by atoms with Gasteiger partial charge in [0.15, 0.2) is 4.47 Å². The van der Waals surface area contributed by atoms with Crippen molar-refractivity contribution in [3.63, 3.8) is 0 Å². The molecule has 8 heteroatoms. The minimum Gasteiger partial charge on any atom is -0.319 e. The van der Waals surface area contributed by atoms with Crippen LogP contribution in [-0.4, -0.2) is 25.7 Å². The number of hydrogen-bond donors (Lipinski definition) is 1. The molecule has 1 N–H and O–H groups in total. The number of nitrogens with one attached hydrogen (secondary N) is 1. The Kier molecular flexibility index (Phi) is 3.62. The van der Waals surface area contributed by atoms with Crippen LogP contribution in [0.25, 0.3) is 10.2 Å². The number of amides is 1. The predicted octanol–water partition coefficient (Wildman–Crippen LogP) is 3.55. The van der Waals surface area contributed by atoms with E-state index in [-0.39, 0.29) is 17.3 Å². The fraction of sp³-hybridized carbons (Fsp3) is 0.286. The minimum absolute atomic E-state index is 0.136. The molecule has 0 aliphatic heterocycles. The van der Waals surface area contributed by atoms with Crippen LogP contribution in [0, 0.1) is 0 Å². The average Bonchev–Trinajstić information content (AvgIpc) is 3.02. The molecule has 0 aliphatic rings. The zero-order chi connectivity index (χ0) is 15.9. The summed E-state index contributed by atoms with van der Waals surface area (Å²) >= 11 is 7.24. The molecular weight excluding hydrogens is 322 g/mol. The van der Waals surface area contributed by atoms with Gasteiger partial charge in [-0.05, 0) is 39.0 Å². The van der Waals surface area contributed by atoms with Crippen molar-refractivity contribution in [3.8, 4) is 0 Å². The number of nitrogens with zero attached hydrogens (tertiary/aromatic N) is 4. The lowest BCUT2D eigenvalue weighted by Gasteiger charge is -2.17. The van der Waals surface area contributed by atoms with Gasteiger partial charge in [-0.2, -0.15) is 0 Å². The van der Waals surface area contributed by atoms with Gasteiger partial charge in [-0.1, -0.05) is 11.6 Å². The fourth-order valence-electron chi connectivity index (χ4n) is 1.85. The van der Waals surface area contributed by atoms with Crippen molar-refractivity contribution in [2.24, 2.45) is 0 Å². The van der Waals surface area contributed by atoms with E-state index in [9.17, 15) is 4.79 Å². The monoisotopic (exact) mass is 335 g/mol. The quantitative estimate of drug-likeness (QED) is 0.777. The first-order valence-electron chi connectivity index (χ1n) is 6.62. The average molecular weight is 336 g/mol. The molecule has 2 aromatic heterocycles. The molecule has 1 amide bonds. The lowest BCUT2D eigenvalue weighted by Crippen LogP contribution is -2.23. The molecule has 0 radical (unpaired) electrons. The number of carbonyl (C=O) groups is 1. The summed E-state index contributed by atoms with van der Waals surface area (Å²) < 4.78 is 3.05. The second kappa shape index (κ2) is 5.33. The van der Waals surface area contributed by atoms with Gasteiger partial charge < -0.3 is 5.32 Å². The van der Waals surface area contributed by atoms with Crippen LogP contribution in [0.15, 0.2) is 24.5 Å². The van der Waals surface area contributed by atoms with Crippen LogP contribution in [0.4, 0.5) is 5.69 Å². The van der Waals surface area contributed by atoms with Crippen molar-refractivity contribution >= 4 is 44.7 Å². The lowest BCUT2D eigenvalue weighted by molar-refractivity contribution is 0.101. The normalized spacial score (nSPS) is 11.8. The van der Waals surface area contributed by atoms with Gasteiger partial charge in [0.05, 0.1) is 15.8 Å². The highest BCUT2D eigenvalue weighted by molar-refractivity contribution is 7.22. The van der Waals surface area contributed by atoms with Crippen molar-refractivity contribution in [2.75, 3.05) is 5.32 Å². The molecule has 0 saturated heterocycles. The number of carbonyl (C=O) groups excluding carboxylic acids is 1. The third-order valence-corrected chi connectivity index (χ3v) is 4.13. The van der Waals surface area contributed by atoms with E-state index >= 15 is 0 Å². The number of halogens is 1. The van der Waals surface area contributed by atoms with E-state index in [0.29, 0.717) is 10.2 Å². The van der Waals surface area contributed by atoms with Crippen LogP contribution in [0.1, 0.15) is 31.4 Å². The summed E-state index contributed by atoms with van der Waals surface area (Å²) in [5.41, 5.74) is 1.25. The van der Waals surface area contributed by atoms with Gasteiger partial charge in [-0.3, -0.25) is 4.79 Å². The van der Waals surface area contributed by atoms with Crippen molar-refractivity contribution in [1.29, 1.82) is 0 Å². The summed E-state index contributed by atoms with van der Waals surface area (Å²) in [4.78, 5) is 20.4. The maximum atomic E-state index is 12.2. The second-order valence-electron chi connectivity index (χ2n) is 5.79. The van der Waals surface area contributed by atoms with E-state index in [1.807, 2.05) is 32.9 Å². The molecule has 6 nitrogen and oxygen atoms in total. The van der Waals surface area contributed by atoms with E-state index in [1.54, 1.807) is 17.1 Å². The standard InChI is InChI=1S/C14H14ClN5OS/c1-14(2,3)20-7-16-11(19-20)12(21)17-8-4-5-9-10(6-8)22-13(15)18-9/h4-7H,1-3H3,(H,17,21). The number of thiazole rings is 1. The highest BCUT2D eigenvalue weighted by atomic mass is 35.5. The van der Waals surface area contributed by atoms with E-state index in [0.717, 1.165) is 10.2 Å². The second-order valence-corrected chi connectivity index (χ2v) is 7.40. The smallest absolute Gasteiger partial charge is 0.295 e. The number of fused-ring (bicyclic) bond motifs is 1. The Bertz CT molecular complexity index is 848. The van der Waals surface area contributed by atoms with Crippen molar-refractivity contribution < 1.29 is 4.79 Å². The van der Waals surface area contributed by atoms with E-state index < -0.39 is 0 Å². The third-order valence-electron chi connectivity index (χ3n) is 3.00. The van der Waals surface area contributed by atoms with Gasteiger partial charge in [0.2, 0.25) is 5.82 Å². The van der Waals surface area contributed by atoms with E-state index in [2.05, 4.69) is 20.4 Å². The van der Waals surface area contributed by atoms with Gasteiger partial charge in [0.25, 0.3) is 5.91 Å². The molecule has 3 aromatic rings. The molecule has 0 aliphatic carbocycles. The van der Waals surface area contributed by atoms with Crippen LogP contribution in [0.3, 0.4) is 0 Å². The lowest BCUT2D eigenvalue weighted by atomic mass is 10.1. The molecule has 3 rings (SSSR count). The van der Waals surface area contributed by atoms with Crippen LogP contribution in [-0.2, 0) is 5.54 Å². The first kappa shape index (κ1) is 14.9. The van der Waals surface area contributed by atoms with Crippen molar-refractivity contribution in [3.05, 3.63) is 34.8 Å². The Balaban J connectivity index is 1.81. The van der Waals surface area contributed by atoms with E-state index in [4.69, 9.17) is 11.6 Å². The zero-order valence-electron chi connectivity index (χ0n) is 12.3. The number of benzene rings is 1. The Morgan fingerprint density at radius 3 is 2.82 bits per heavy atom. The Morgan fingerprint density at radius 2 is 2.14 bits per heavy atom. The van der Waals surface area contributed by atoms with Gasteiger partial charge >= 0.3 is 0 Å². The summed E-state index contributed by atoms with van der Waals surface area (Å²) in [6.07, 6.45) is 1.56. The highest BCUT2D eigenvalue weighted by Gasteiger charge is 2.18. The fourth-order valence-corrected chi connectivity index (χ4v) is 2.92. The van der Waals surface area contributed by atoms with Crippen molar-refractivity contribution in [1.82, 2.24) is 19.7 Å². The van der Waals surface area contributed by atoms with Gasteiger partial charge in [0, 0.05) is 5.69 Å². The first-order valence-corrected chi connectivity index (χ1v) is 7.82. The summed E-state index contributed by atoms with van der Waals surface area (Å²) in [5.74, 6) is -0.213. The molecule has 114 valence electrons. The highest BCUT2D eigenvalue weighted by Crippen LogP contribution is 2.28. The minimum atomic E-state index is -0.349. The Hall–Kier alpha value is -1.99. The number of hydrogen-bond acceptors (Lipinski definition) is 5. The predicted molar refractivity (Wildman–Crippen MR) is 87.6 cm³/mol. The summed E-state index contributed by atoms with van der Waals surface area (Å²) in [6, 6.07) is 5.42. The topological polar surface area (TPSA) is 72.7 Å². The Morgan fingerprint density at radius 1 is 1.36 bits per heavy atom. The van der Waals surface area contributed by atoms with Gasteiger partial charge in [-0.15, -0.1) is 16.4 Å². The molecule has 0 fully saturated rings. The number of rotatable bonds is 2. The van der Waals surface area contributed by atoms with Crippen LogP contribution >= 0.6 is 22.9 Å². The molecule has 2 heterocycles. The summed E-state index contributed by atoms with van der Waals surface area (Å²) in [7, 11) is 0. The molecule has 0 spiro atoms. The van der Waals surface area contributed by atoms with Gasteiger partial charge in [-0.25, -0.2) is 14.6 Å². The molecule has 0 saturated carbocycles. The number of aromatic nitrogens is 4. The summed E-state index contributed by atoms with van der Waals surface area (Å²) in [5, 5.41) is 6.99. The van der Waals surface area contributed by atoms with Crippen LogP contribution in [0.5, 0.6) is 0 Å². The van der Waals surface area contributed by atoms with Crippen molar-refractivity contribution in [2.45, 2.75) is 26.3 Å².